The molecule has 1 fully saturated rings. The molecule has 108 valence electrons. The second kappa shape index (κ2) is 5.81. The fourth-order valence-corrected chi connectivity index (χ4v) is 2.52. The average Bonchev–Trinajstić information content (AvgIpc) is 2.39. The fraction of sp³-hybridized carbons (Fsp3) is 0.429. The maximum absolute atomic E-state index is 11.3. The monoisotopic (exact) mass is 276 g/mol. The minimum Gasteiger partial charge on any atom is -0.398 e. The van der Waals surface area contributed by atoms with Crippen LogP contribution in [0.2, 0.25) is 0 Å². The third-order valence-electron chi connectivity index (χ3n) is 3.57. The lowest BCUT2D eigenvalue weighted by molar-refractivity contribution is -0.119. The number of nitrogen functional groups attached to an aromatic ring is 1. The molecule has 2 amide bonds. The highest BCUT2D eigenvalue weighted by Gasteiger charge is 2.20. The van der Waals surface area contributed by atoms with Crippen LogP contribution in [0.25, 0.3) is 0 Å². The number of carbonyl (C=O) groups is 2. The maximum Gasteiger partial charge on any atom is 0.250 e. The smallest absolute Gasteiger partial charge is 0.250 e. The van der Waals surface area contributed by atoms with Gasteiger partial charge in [0, 0.05) is 37.4 Å². The predicted molar refractivity (Wildman–Crippen MR) is 78.4 cm³/mol. The molecule has 0 aliphatic carbocycles. The van der Waals surface area contributed by atoms with E-state index in [1.54, 1.807) is 12.1 Å². The van der Waals surface area contributed by atoms with Crippen LogP contribution in [-0.2, 0) is 4.79 Å². The molecule has 1 aromatic rings. The standard InChI is InChI=1S/C14H20N4O2/c1-9(19)17-10-4-6-18(7-5-10)11-2-3-13(15)12(8-11)14(16)20/h2-3,8,10H,4-7,15H2,1H3,(H2,16,20)(H,17,19). The molecule has 1 aliphatic heterocycles. The van der Waals surface area contributed by atoms with Gasteiger partial charge in [-0.05, 0) is 31.0 Å². The first kappa shape index (κ1) is 14.2. The summed E-state index contributed by atoms with van der Waals surface area (Å²) in [4.78, 5) is 24.5. The molecule has 0 bridgehead atoms. The molecule has 0 unspecified atom stereocenters. The minimum atomic E-state index is -0.516. The lowest BCUT2D eigenvalue weighted by Crippen LogP contribution is -2.44. The van der Waals surface area contributed by atoms with Crippen molar-refractivity contribution in [2.24, 2.45) is 5.73 Å². The summed E-state index contributed by atoms with van der Waals surface area (Å²) >= 11 is 0. The van der Waals surface area contributed by atoms with E-state index in [9.17, 15) is 9.59 Å². The van der Waals surface area contributed by atoms with Crippen molar-refractivity contribution in [3.05, 3.63) is 23.8 Å². The van der Waals surface area contributed by atoms with Gasteiger partial charge in [-0.1, -0.05) is 0 Å². The van der Waals surface area contributed by atoms with Crippen molar-refractivity contribution in [2.75, 3.05) is 23.7 Å². The molecule has 2 rings (SSSR count). The summed E-state index contributed by atoms with van der Waals surface area (Å²) in [6, 6.07) is 5.56. The van der Waals surface area contributed by atoms with E-state index in [0.29, 0.717) is 11.3 Å². The van der Waals surface area contributed by atoms with Gasteiger partial charge < -0.3 is 21.7 Å². The zero-order valence-electron chi connectivity index (χ0n) is 11.6. The number of carbonyl (C=O) groups excluding carboxylic acids is 2. The van der Waals surface area contributed by atoms with Crippen LogP contribution in [0.4, 0.5) is 11.4 Å². The number of rotatable bonds is 3. The Morgan fingerprint density at radius 2 is 1.95 bits per heavy atom. The number of piperidine rings is 1. The van der Waals surface area contributed by atoms with Gasteiger partial charge in [-0.25, -0.2) is 0 Å². The normalized spacial score (nSPS) is 15.9. The van der Waals surface area contributed by atoms with Crippen molar-refractivity contribution < 1.29 is 9.59 Å². The van der Waals surface area contributed by atoms with E-state index >= 15 is 0 Å². The summed E-state index contributed by atoms with van der Waals surface area (Å²) in [6.07, 6.45) is 1.77. The number of primary amides is 1. The Morgan fingerprint density at radius 1 is 1.30 bits per heavy atom. The molecule has 1 aliphatic rings. The van der Waals surface area contributed by atoms with Gasteiger partial charge in [0.15, 0.2) is 0 Å². The number of benzene rings is 1. The molecular formula is C14H20N4O2. The first-order chi connectivity index (χ1) is 9.47. The summed E-state index contributed by atoms with van der Waals surface area (Å²) in [7, 11) is 0. The number of nitrogens with one attached hydrogen (secondary N) is 1. The van der Waals surface area contributed by atoms with Crippen LogP contribution in [0.5, 0.6) is 0 Å². The van der Waals surface area contributed by atoms with Crippen molar-refractivity contribution in [1.29, 1.82) is 0 Å². The second-order valence-electron chi connectivity index (χ2n) is 5.10. The molecule has 1 heterocycles. The Hall–Kier alpha value is -2.24. The van der Waals surface area contributed by atoms with Crippen LogP contribution in [0.1, 0.15) is 30.1 Å². The van der Waals surface area contributed by atoms with Crippen LogP contribution < -0.4 is 21.7 Å². The molecule has 0 radical (unpaired) electrons. The van der Waals surface area contributed by atoms with Gasteiger partial charge in [0.1, 0.15) is 0 Å². The molecular weight excluding hydrogens is 256 g/mol. The van der Waals surface area contributed by atoms with E-state index in [1.807, 2.05) is 6.07 Å². The third kappa shape index (κ3) is 3.20. The third-order valence-corrected chi connectivity index (χ3v) is 3.57. The summed E-state index contributed by atoms with van der Waals surface area (Å²) in [5.74, 6) is -0.510. The van der Waals surface area contributed by atoms with Gasteiger partial charge in [0.2, 0.25) is 5.91 Å². The Balaban J connectivity index is 2.05. The molecule has 0 atom stereocenters. The zero-order valence-corrected chi connectivity index (χ0v) is 11.6. The van der Waals surface area contributed by atoms with Gasteiger partial charge >= 0.3 is 0 Å². The summed E-state index contributed by atoms with van der Waals surface area (Å²) in [5, 5.41) is 2.93. The van der Waals surface area contributed by atoms with Crippen molar-refractivity contribution in [2.45, 2.75) is 25.8 Å². The van der Waals surface area contributed by atoms with Crippen molar-refractivity contribution in [1.82, 2.24) is 5.32 Å². The summed E-state index contributed by atoms with van der Waals surface area (Å²) < 4.78 is 0. The maximum atomic E-state index is 11.3. The molecule has 20 heavy (non-hydrogen) atoms. The number of anilines is 2. The molecule has 1 aromatic carbocycles. The van der Waals surface area contributed by atoms with Gasteiger partial charge in [-0.2, -0.15) is 0 Å². The molecule has 0 spiro atoms. The van der Waals surface area contributed by atoms with Crippen LogP contribution in [0, 0.1) is 0 Å². The summed E-state index contributed by atoms with van der Waals surface area (Å²) in [5.41, 5.74) is 12.7. The van der Waals surface area contributed by atoms with Gasteiger partial charge in [0.05, 0.1) is 5.56 Å². The molecule has 5 N–H and O–H groups in total. The predicted octanol–water partition coefficient (Wildman–Crippen LogP) is 0.473. The Kier molecular flexibility index (Phi) is 4.12. The quantitative estimate of drug-likeness (QED) is 0.698. The highest BCUT2D eigenvalue weighted by atomic mass is 16.1. The van der Waals surface area contributed by atoms with Crippen molar-refractivity contribution >= 4 is 23.2 Å². The van der Waals surface area contributed by atoms with Crippen molar-refractivity contribution in [3.8, 4) is 0 Å². The molecule has 1 saturated heterocycles. The van der Waals surface area contributed by atoms with Gasteiger partial charge in [-0.3, -0.25) is 9.59 Å². The van der Waals surface area contributed by atoms with Crippen LogP contribution in [-0.4, -0.2) is 30.9 Å². The Bertz CT molecular complexity index is 522. The first-order valence-corrected chi connectivity index (χ1v) is 6.68. The highest BCUT2D eigenvalue weighted by molar-refractivity contribution is 5.99. The molecule has 6 nitrogen and oxygen atoms in total. The average molecular weight is 276 g/mol. The van der Waals surface area contributed by atoms with E-state index in [0.717, 1.165) is 31.6 Å². The first-order valence-electron chi connectivity index (χ1n) is 6.68. The van der Waals surface area contributed by atoms with E-state index in [2.05, 4.69) is 10.2 Å². The van der Waals surface area contributed by atoms with Crippen LogP contribution in [0.3, 0.4) is 0 Å². The number of amides is 2. The number of nitrogens with two attached hydrogens (primary N) is 2. The van der Waals surface area contributed by atoms with E-state index in [1.165, 1.54) is 6.92 Å². The second-order valence-corrected chi connectivity index (χ2v) is 5.10. The van der Waals surface area contributed by atoms with Crippen LogP contribution >= 0.6 is 0 Å². The SMILES string of the molecule is CC(=O)NC1CCN(c2ccc(N)c(C(N)=O)c2)CC1. The Morgan fingerprint density at radius 3 is 2.50 bits per heavy atom. The number of nitrogens with zero attached hydrogens (tertiary/aromatic N) is 1. The fourth-order valence-electron chi connectivity index (χ4n) is 2.52. The topological polar surface area (TPSA) is 101 Å². The van der Waals surface area contributed by atoms with Crippen molar-refractivity contribution in [3.63, 3.8) is 0 Å². The number of hydrogen-bond acceptors (Lipinski definition) is 4. The Labute approximate surface area is 118 Å². The zero-order chi connectivity index (χ0) is 14.7. The summed E-state index contributed by atoms with van der Waals surface area (Å²) in [6.45, 7) is 3.19. The molecule has 0 saturated carbocycles. The number of hydrogen-bond donors (Lipinski definition) is 3. The van der Waals surface area contributed by atoms with E-state index < -0.39 is 5.91 Å². The van der Waals surface area contributed by atoms with Gasteiger partial charge in [0.25, 0.3) is 5.91 Å². The lowest BCUT2D eigenvalue weighted by Gasteiger charge is -2.34. The highest BCUT2D eigenvalue weighted by Crippen LogP contribution is 2.24. The lowest BCUT2D eigenvalue weighted by atomic mass is 10.0. The largest absolute Gasteiger partial charge is 0.398 e. The molecule has 0 aromatic heterocycles. The van der Waals surface area contributed by atoms with Gasteiger partial charge in [-0.15, -0.1) is 0 Å². The van der Waals surface area contributed by atoms with E-state index in [4.69, 9.17) is 11.5 Å². The van der Waals surface area contributed by atoms with E-state index in [-0.39, 0.29) is 11.9 Å². The minimum absolute atomic E-state index is 0.00643. The molecule has 6 heteroatoms. The van der Waals surface area contributed by atoms with Crippen LogP contribution in [0.15, 0.2) is 18.2 Å².